The van der Waals surface area contributed by atoms with Gasteiger partial charge in [0.2, 0.25) is 0 Å². The molecule has 0 saturated heterocycles. The van der Waals surface area contributed by atoms with Gasteiger partial charge in [-0.1, -0.05) is 63.3 Å². The summed E-state index contributed by atoms with van der Waals surface area (Å²) < 4.78 is 0. The van der Waals surface area contributed by atoms with E-state index in [9.17, 15) is 4.79 Å². The van der Waals surface area contributed by atoms with Crippen molar-refractivity contribution in [1.82, 2.24) is 0 Å². The third-order valence-electron chi connectivity index (χ3n) is 3.53. The molecule has 110 valence electrons. The first kappa shape index (κ1) is 16.4. The lowest BCUT2D eigenvalue weighted by atomic mass is 9.91. The fraction of sp³-hybridized carbons (Fsp3) is 0.471. The molecule has 3 heteroatoms. The van der Waals surface area contributed by atoms with Crippen molar-refractivity contribution >= 4 is 12.0 Å². The summed E-state index contributed by atoms with van der Waals surface area (Å²) in [5.41, 5.74) is 7.31. The normalized spacial score (nSPS) is 15.7. The Morgan fingerprint density at radius 1 is 1.25 bits per heavy atom. The molecule has 1 aromatic rings. The van der Waals surface area contributed by atoms with Gasteiger partial charge in [-0.2, -0.15) is 0 Å². The Morgan fingerprint density at radius 3 is 2.25 bits per heavy atom. The standard InChI is InChI=1S/C10H11NO2.C7H14/c11-7-9-3-1-8(2-4-9)5-6-10(12)13;1-7-5-3-2-4-6-7/h1-6H,7,11H2,(H,12,13);7H,2-6H2,1H3/b6-5+;. The van der Waals surface area contributed by atoms with Gasteiger partial charge in [0, 0.05) is 12.6 Å². The highest BCUT2D eigenvalue weighted by molar-refractivity contribution is 5.85. The lowest BCUT2D eigenvalue weighted by Gasteiger charge is -2.15. The number of carbonyl (C=O) groups is 1. The highest BCUT2D eigenvalue weighted by Gasteiger charge is 2.05. The molecule has 2 rings (SSSR count). The number of hydrogen-bond donors (Lipinski definition) is 2. The van der Waals surface area contributed by atoms with Crippen LogP contribution in [-0.2, 0) is 11.3 Å². The summed E-state index contributed by atoms with van der Waals surface area (Å²) in [6, 6.07) is 7.42. The van der Waals surface area contributed by atoms with Crippen LogP contribution < -0.4 is 5.73 Å². The third-order valence-corrected chi connectivity index (χ3v) is 3.53. The van der Waals surface area contributed by atoms with Crippen molar-refractivity contribution in [2.75, 3.05) is 0 Å². The average molecular weight is 275 g/mol. The Balaban J connectivity index is 0.000000240. The van der Waals surface area contributed by atoms with Gasteiger partial charge in [-0.25, -0.2) is 4.79 Å². The molecule has 0 atom stereocenters. The zero-order chi connectivity index (χ0) is 14.8. The average Bonchev–Trinajstić information content (AvgIpc) is 2.47. The number of nitrogens with two attached hydrogens (primary N) is 1. The largest absolute Gasteiger partial charge is 0.478 e. The van der Waals surface area contributed by atoms with E-state index in [1.54, 1.807) is 6.08 Å². The molecule has 0 spiro atoms. The fourth-order valence-electron chi connectivity index (χ4n) is 2.24. The molecule has 0 radical (unpaired) electrons. The minimum Gasteiger partial charge on any atom is -0.478 e. The molecule has 0 unspecified atom stereocenters. The number of rotatable bonds is 3. The van der Waals surface area contributed by atoms with Crippen molar-refractivity contribution in [3.05, 3.63) is 41.5 Å². The predicted molar refractivity (Wildman–Crippen MR) is 83.3 cm³/mol. The summed E-state index contributed by atoms with van der Waals surface area (Å²) in [7, 11) is 0. The van der Waals surface area contributed by atoms with Crippen LogP contribution in [0.3, 0.4) is 0 Å². The number of carboxylic acid groups (broad SMARTS) is 1. The van der Waals surface area contributed by atoms with Gasteiger partial charge < -0.3 is 10.8 Å². The van der Waals surface area contributed by atoms with Gasteiger partial charge >= 0.3 is 5.97 Å². The zero-order valence-electron chi connectivity index (χ0n) is 12.2. The molecule has 3 N–H and O–H groups in total. The number of carboxylic acids is 1. The molecule has 0 heterocycles. The predicted octanol–water partition coefficient (Wildman–Crippen LogP) is 3.83. The van der Waals surface area contributed by atoms with E-state index < -0.39 is 5.97 Å². The fourth-order valence-corrected chi connectivity index (χ4v) is 2.24. The lowest BCUT2D eigenvalue weighted by molar-refractivity contribution is -0.131. The van der Waals surface area contributed by atoms with Crippen molar-refractivity contribution in [1.29, 1.82) is 0 Å². The van der Waals surface area contributed by atoms with E-state index in [-0.39, 0.29) is 0 Å². The smallest absolute Gasteiger partial charge is 0.328 e. The van der Waals surface area contributed by atoms with Crippen LogP contribution in [0, 0.1) is 5.92 Å². The number of benzene rings is 1. The van der Waals surface area contributed by atoms with Gasteiger partial charge in [0.15, 0.2) is 0 Å². The van der Waals surface area contributed by atoms with Crippen LogP contribution in [0.25, 0.3) is 6.08 Å². The molecule has 0 aromatic heterocycles. The van der Waals surface area contributed by atoms with E-state index in [4.69, 9.17) is 10.8 Å². The Kier molecular flexibility index (Phi) is 7.66. The molecule has 1 aliphatic carbocycles. The Hall–Kier alpha value is -1.61. The first-order chi connectivity index (χ1) is 9.61. The molecular weight excluding hydrogens is 250 g/mol. The summed E-state index contributed by atoms with van der Waals surface area (Å²) >= 11 is 0. The summed E-state index contributed by atoms with van der Waals surface area (Å²) in [5, 5.41) is 8.37. The Bertz CT molecular complexity index is 417. The second-order valence-corrected chi connectivity index (χ2v) is 5.36. The minimum absolute atomic E-state index is 0.503. The molecule has 0 aliphatic heterocycles. The number of aliphatic carboxylic acids is 1. The second kappa shape index (κ2) is 9.32. The first-order valence-electron chi connectivity index (χ1n) is 7.32. The van der Waals surface area contributed by atoms with Crippen LogP contribution in [0.4, 0.5) is 0 Å². The van der Waals surface area contributed by atoms with Gasteiger partial charge in [0.05, 0.1) is 0 Å². The molecule has 1 aromatic carbocycles. The first-order valence-corrected chi connectivity index (χ1v) is 7.32. The molecule has 0 amide bonds. The molecular formula is C17H25NO2. The highest BCUT2D eigenvalue weighted by Crippen LogP contribution is 2.22. The van der Waals surface area contributed by atoms with E-state index in [0.717, 1.165) is 23.1 Å². The summed E-state index contributed by atoms with van der Waals surface area (Å²) in [6.07, 6.45) is 10.1. The molecule has 20 heavy (non-hydrogen) atoms. The minimum atomic E-state index is -0.942. The van der Waals surface area contributed by atoms with Crippen molar-refractivity contribution in [2.45, 2.75) is 45.6 Å². The van der Waals surface area contributed by atoms with Crippen LogP contribution >= 0.6 is 0 Å². The maximum atomic E-state index is 10.2. The van der Waals surface area contributed by atoms with Gasteiger partial charge in [-0.15, -0.1) is 0 Å². The van der Waals surface area contributed by atoms with Crippen LogP contribution in [-0.4, -0.2) is 11.1 Å². The number of hydrogen-bond acceptors (Lipinski definition) is 2. The summed E-state index contributed by atoms with van der Waals surface area (Å²) in [4.78, 5) is 10.2. The van der Waals surface area contributed by atoms with Gasteiger partial charge in [0.1, 0.15) is 0 Å². The SMILES string of the molecule is CC1CCCCC1.NCc1ccc(/C=C/C(=O)O)cc1. The third kappa shape index (κ3) is 7.10. The second-order valence-electron chi connectivity index (χ2n) is 5.36. The molecule has 1 aliphatic rings. The summed E-state index contributed by atoms with van der Waals surface area (Å²) in [5.74, 6) is 0.0941. The van der Waals surface area contributed by atoms with Crippen LogP contribution in [0.5, 0.6) is 0 Å². The zero-order valence-corrected chi connectivity index (χ0v) is 12.2. The molecule has 0 bridgehead atoms. The van der Waals surface area contributed by atoms with Crippen molar-refractivity contribution in [3.63, 3.8) is 0 Å². The van der Waals surface area contributed by atoms with Crippen molar-refractivity contribution < 1.29 is 9.90 Å². The molecule has 3 nitrogen and oxygen atoms in total. The van der Waals surface area contributed by atoms with Gasteiger partial charge in [0.25, 0.3) is 0 Å². The van der Waals surface area contributed by atoms with E-state index in [0.29, 0.717) is 6.54 Å². The lowest BCUT2D eigenvalue weighted by Crippen LogP contribution is -1.99. The van der Waals surface area contributed by atoms with Crippen molar-refractivity contribution in [3.8, 4) is 0 Å². The van der Waals surface area contributed by atoms with Crippen molar-refractivity contribution in [2.24, 2.45) is 11.7 Å². The van der Waals surface area contributed by atoms with Gasteiger partial charge in [-0.3, -0.25) is 0 Å². The highest BCUT2D eigenvalue weighted by atomic mass is 16.4. The van der Waals surface area contributed by atoms with Crippen LogP contribution in [0.2, 0.25) is 0 Å². The maximum absolute atomic E-state index is 10.2. The van der Waals surface area contributed by atoms with E-state index in [2.05, 4.69) is 6.92 Å². The van der Waals surface area contributed by atoms with Crippen LogP contribution in [0.15, 0.2) is 30.3 Å². The Morgan fingerprint density at radius 2 is 1.85 bits per heavy atom. The monoisotopic (exact) mass is 275 g/mol. The summed E-state index contributed by atoms with van der Waals surface area (Å²) in [6.45, 7) is 2.86. The van der Waals surface area contributed by atoms with Crippen LogP contribution in [0.1, 0.15) is 50.2 Å². The van der Waals surface area contributed by atoms with E-state index in [1.165, 1.54) is 32.1 Å². The topological polar surface area (TPSA) is 63.3 Å². The maximum Gasteiger partial charge on any atom is 0.328 e. The van der Waals surface area contributed by atoms with Gasteiger partial charge in [-0.05, 0) is 23.1 Å². The van der Waals surface area contributed by atoms with E-state index in [1.807, 2.05) is 24.3 Å². The quantitative estimate of drug-likeness (QED) is 0.824. The molecule has 1 saturated carbocycles. The molecule has 1 fully saturated rings. The van der Waals surface area contributed by atoms with E-state index >= 15 is 0 Å². The Labute approximate surface area is 121 Å².